The third-order valence-corrected chi connectivity index (χ3v) is 4.75. The van der Waals surface area contributed by atoms with Crippen LogP contribution in [0, 0.1) is 0 Å². The minimum Gasteiger partial charge on any atom is -0.325 e. The van der Waals surface area contributed by atoms with Gasteiger partial charge in [-0.3, -0.25) is 14.6 Å². The van der Waals surface area contributed by atoms with E-state index >= 15 is 0 Å². The second kappa shape index (κ2) is 6.64. The highest BCUT2D eigenvalue weighted by atomic mass is 16.2. The summed E-state index contributed by atoms with van der Waals surface area (Å²) in [6, 6.07) is 11.0. The Labute approximate surface area is 146 Å². The van der Waals surface area contributed by atoms with Crippen molar-refractivity contribution in [3.8, 4) is 0 Å². The van der Waals surface area contributed by atoms with Crippen LogP contribution >= 0.6 is 0 Å². The summed E-state index contributed by atoms with van der Waals surface area (Å²) in [5.74, 6) is -0.127. The molecule has 0 saturated carbocycles. The first-order valence-electron chi connectivity index (χ1n) is 8.62. The molecule has 0 bridgehead atoms. The molecule has 1 aromatic carbocycles. The van der Waals surface area contributed by atoms with Gasteiger partial charge in [-0.15, -0.1) is 0 Å². The largest absolute Gasteiger partial charge is 0.325 e. The van der Waals surface area contributed by atoms with Crippen molar-refractivity contribution in [2.24, 2.45) is 0 Å². The number of benzene rings is 1. The standard InChI is InChI=1S/C19H20N4O2/c24-18(15-5-3-10-20-15)22-14-7-6-13-8-11-23(17(13)12-14)19(25)16-4-1-2-9-21-16/h1-2,4,6-7,9,12,15,20H,3,5,8,10-11H2,(H,22,24)/t15-/m0/s1. The normalized spacial score (nSPS) is 18.9. The fraction of sp³-hybridized carbons (Fsp3) is 0.316. The SMILES string of the molecule is O=C(Nc1ccc2c(c1)N(C(=O)c1ccccn1)CC2)[C@@H]1CCCN1. The average molecular weight is 336 g/mol. The average Bonchev–Trinajstić information content (AvgIpc) is 3.31. The van der Waals surface area contributed by atoms with Gasteiger partial charge in [-0.05, 0) is 55.6 Å². The van der Waals surface area contributed by atoms with Crippen LogP contribution in [0.25, 0.3) is 0 Å². The lowest BCUT2D eigenvalue weighted by Crippen LogP contribution is -2.35. The van der Waals surface area contributed by atoms with E-state index in [0.29, 0.717) is 12.2 Å². The Balaban J connectivity index is 1.55. The Kier molecular flexibility index (Phi) is 4.19. The molecule has 0 aliphatic carbocycles. The molecule has 128 valence electrons. The van der Waals surface area contributed by atoms with E-state index in [0.717, 1.165) is 42.7 Å². The number of anilines is 2. The second-order valence-electron chi connectivity index (χ2n) is 6.40. The highest BCUT2D eigenvalue weighted by Crippen LogP contribution is 2.32. The summed E-state index contributed by atoms with van der Waals surface area (Å²) in [6.07, 6.45) is 4.32. The third-order valence-electron chi connectivity index (χ3n) is 4.75. The van der Waals surface area contributed by atoms with Crippen LogP contribution in [-0.2, 0) is 11.2 Å². The molecule has 6 nitrogen and oxygen atoms in total. The van der Waals surface area contributed by atoms with E-state index in [9.17, 15) is 9.59 Å². The fourth-order valence-corrected chi connectivity index (χ4v) is 3.43. The summed E-state index contributed by atoms with van der Waals surface area (Å²) < 4.78 is 0. The number of hydrogen-bond donors (Lipinski definition) is 2. The molecule has 2 aliphatic heterocycles. The van der Waals surface area contributed by atoms with Gasteiger partial charge in [0.1, 0.15) is 5.69 Å². The first-order chi connectivity index (χ1) is 12.2. The number of carbonyl (C=O) groups is 2. The first-order valence-corrected chi connectivity index (χ1v) is 8.62. The third kappa shape index (κ3) is 3.13. The Morgan fingerprint density at radius 1 is 1.24 bits per heavy atom. The van der Waals surface area contributed by atoms with Gasteiger partial charge in [0.05, 0.1) is 6.04 Å². The molecular weight excluding hydrogens is 316 g/mol. The molecule has 1 aromatic heterocycles. The van der Waals surface area contributed by atoms with E-state index in [1.165, 1.54) is 0 Å². The Hall–Kier alpha value is -2.73. The van der Waals surface area contributed by atoms with Gasteiger partial charge < -0.3 is 15.5 Å². The molecule has 1 atom stereocenters. The summed E-state index contributed by atoms with van der Waals surface area (Å²) in [5, 5.41) is 6.15. The van der Waals surface area contributed by atoms with Gasteiger partial charge in [-0.2, -0.15) is 0 Å². The second-order valence-corrected chi connectivity index (χ2v) is 6.40. The summed E-state index contributed by atoms with van der Waals surface area (Å²) in [4.78, 5) is 30.9. The zero-order valence-electron chi connectivity index (χ0n) is 13.9. The number of aromatic nitrogens is 1. The number of hydrogen-bond acceptors (Lipinski definition) is 4. The van der Waals surface area contributed by atoms with Crippen LogP contribution in [0.1, 0.15) is 28.9 Å². The number of carbonyl (C=O) groups excluding carboxylic acids is 2. The van der Waals surface area contributed by atoms with Gasteiger partial charge in [-0.25, -0.2) is 0 Å². The van der Waals surface area contributed by atoms with Crippen molar-refractivity contribution in [3.05, 3.63) is 53.9 Å². The van der Waals surface area contributed by atoms with Crippen LogP contribution in [0.3, 0.4) is 0 Å². The van der Waals surface area contributed by atoms with Crippen LogP contribution in [0.5, 0.6) is 0 Å². The number of fused-ring (bicyclic) bond motifs is 1. The van der Waals surface area contributed by atoms with Gasteiger partial charge in [-0.1, -0.05) is 12.1 Å². The highest BCUT2D eigenvalue weighted by Gasteiger charge is 2.27. The van der Waals surface area contributed by atoms with Crippen molar-refractivity contribution in [2.45, 2.75) is 25.3 Å². The summed E-state index contributed by atoms with van der Waals surface area (Å²) in [5.41, 5.74) is 3.12. The van der Waals surface area contributed by atoms with Crippen LogP contribution in [-0.4, -0.2) is 35.9 Å². The Morgan fingerprint density at radius 2 is 2.16 bits per heavy atom. The minimum absolute atomic E-state index is 0.0157. The quantitative estimate of drug-likeness (QED) is 0.899. The van der Waals surface area contributed by atoms with Gasteiger partial charge in [0.2, 0.25) is 5.91 Å². The molecule has 1 saturated heterocycles. The van der Waals surface area contributed by atoms with E-state index in [1.54, 1.807) is 23.2 Å². The number of rotatable bonds is 3. The van der Waals surface area contributed by atoms with E-state index in [4.69, 9.17) is 0 Å². The molecule has 2 aromatic rings. The number of nitrogens with zero attached hydrogens (tertiary/aromatic N) is 2. The number of nitrogens with one attached hydrogen (secondary N) is 2. The maximum atomic E-state index is 12.7. The number of amides is 2. The van der Waals surface area contributed by atoms with Crippen LogP contribution < -0.4 is 15.5 Å². The van der Waals surface area contributed by atoms with Gasteiger partial charge >= 0.3 is 0 Å². The van der Waals surface area contributed by atoms with E-state index in [1.807, 2.05) is 24.3 Å². The minimum atomic E-state index is -0.125. The molecule has 0 radical (unpaired) electrons. The lowest BCUT2D eigenvalue weighted by molar-refractivity contribution is -0.117. The van der Waals surface area contributed by atoms with Crippen molar-refractivity contribution in [1.29, 1.82) is 0 Å². The summed E-state index contributed by atoms with van der Waals surface area (Å²) >= 11 is 0. The maximum absolute atomic E-state index is 12.7. The highest BCUT2D eigenvalue weighted by molar-refractivity contribution is 6.06. The van der Waals surface area contributed by atoms with E-state index in [2.05, 4.69) is 15.6 Å². The molecule has 6 heteroatoms. The molecule has 4 rings (SSSR count). The van der Waals surface area contributed by atoms with E-state index in [-0.39, 0.29) is 17.9 Å². The lowest BCUT2D eigenvalue weighted by atomic mass is 10.1. The molecule has 2 amide bonds. The van der Waals surface area contributed by atoms with Gasteiger partial charge in [0.25, 0.3) is 5.91 Å². The van der Waals surface area contributed by atoms with Crippen molar-refractivity contribution >= 4 is 23.2 Å². The Morgan fingerprint density at radius 3 is 2.92 bits per heavy atom. The summed E-state index contributed by atoms with van der Waals surface area (Å²) in [6.45, 7) is 1.51. The fourth-order valence-electron chi connectivity index (χ4n) is 3.43. The smallest absolute Gasteiger partial charge is 0.276 e. The monoisotopic (exact) mass is 336 g/mol. The van der Waals surface area contributed by atoms with Crippen LogP contribution in [0.4, 0.5) is 11.4 Å². The molecule has 3 heterocycles. The lowest BCUT2D eigenvalue weighted by Gasteiger charge is -2.18. The van der Waals surface area contributed by atoms with Crippen LogP contribution in [0.15, 0.2) is 42.6 Å². The summed E-state index contributed by atoms with van der Waals surface area (Å²) in [7, 11) is 0. The van der Waals surface area contributed by atoms with Crippen molar-refractivity contribution in [3.63, 3.8) is 0 Å². The molecule has 25 heavy (non-hydrogen) atoms. The van der Waals surface area contributed by atoms with Gasteiger partial charge in [0.15, 0.2) is 0 Å². The van der Waals surface area contributed by atoms with Gasteiger partial charge in [0, 0.05) is 24.1 Å². The molecule has 1 fully saturated rings. The topological polar surface area (TPSA) is 74.3 Å². The van der Waals surface area contributed by atoms with E-state index < -0.39 is 0 Å². The number of pyridine rings is 1. The predicted octanol–water partition coefficient (Wildman–Crippen LogP) is 1.98. The molecule has 2 N–H and O–H groups in total. The molecule has 0 unspecified atom stereocenters. The van der Waals surface area contributed by atoms with Crippen molar-refractivity contribution in [2.75, 3.05) is 23.3 Å². The maximum Gasteiger partial charge on any atom is 0.276 e. The predicted molar refractivity (Wildman–Crippen MR) is 95.7 cm³/mol. The Bertz CT molecular complexity index is 800. The zero-order chi connectivity index (χ0) is 17.2. The zero-order valence-corrected chi connectivity index (χ0v) is 13.9. The van der Waals surface area contributed by atoms with Crippen molar-refractivity contribution < 1.29 is 9.59 Å². The molecular formula is C19H20N4O2. The molecule has 0 spiro atoms. The van der Waals surface area contributed by atoms with Crippen molar-refractivity contribution in [1.82, 2.24) is 10.3 Å². The molecule has 2 aliphatic rings. The van der Waals surface area contributed by atoms with Crippen LogP contribution in [0.2, 0.25) is 0 Å². The first kappa shape index (κ1) is 15.8.